The molecule has 10 nitrogen and oxygen atoms in total. The van der Waals surface area contributed by atoms with Gasteiger partial charge in [-0.15, -0.1) is 0 Å². The molecule has 12 heteroatoms. The number of nitrogens with one attached hydrogen (secondary N) is 3. The first-order valence-electron chi connectivity index (χ1n) is 18.2. The number of ether oxygens (including phenoxy) is 1. The number of nitrogens with zero attached hydrogens (tertiary/aromatic N) is 4. The monoisotopic (exact) mass is 755 g/mol. The highest BCUT2D eigenvalue weighted by Crippen LogP contribution is 2.26. The molecule has 1 amide bonds. The minimum atomic E-state index is -0.343. The number of benzene rings is 3. The van der Waals surface area contributed by atoms with E-state index in [1.54, 1.807) is 18.2 Å². The fraction of sp³-hybridized carbons (Fsp3) is 0.333. The molecular formula is C42H51ClFN7O3. The number of aromatic amines is 1. The number of H-pyrrole nitrogens is 1. The van der Waals surface area contributed by atoms with Gasteiger partial charge in [-0.1, -0.05) is 49.7 Å². The number of carbonyl (C=O) groups is 2. The second kappa shape index (κ2) is 21.0. The van der Waals surface area contributed by atoms with Gasteiger partial charge in [0.1, 0.15) is 17.9 Å². The van der Waals surface area contributed by atoms with Crippen LogP contribution in [0.1, 0.15) is 54.9 Å². The topological polar surface area (TPSA) is 117 Å². The molecule has 1 fully saturated rings. The fourth-order valence-corrected chi connectivity index (χ4v) is 6.12. The fourth-order valence-electron chi connectivity index (χ4n) is 5.96. The molecule has 0 unspecified atom stereocenters. The first kappa shape index (κ1) is 41.7. The van der Waals surface area contributed by atoms with Crippen LogP contribution in [0.5, 0.6) is 0 Å². The van der Waals surface area contributed by atoms with Gasteiger partial charge in [-0.3, -0.25) is 19.6 Å². The van der Waals surface area contributed by atoms with E-state index in [9.17, 15) is 14.0 Å². The van der Waals surface area contributed by atoms with Crippen molar-refractivity contribution in [3.05, 3.63) is 123 Å². The number of imidazole rings is 1. The normalized spacial score (nSPS) is 14.1. The van der Waals surface area contributed by atoms with E-state index in [1.807, 2.05) is 45.9 Å². The Balaban J connectivity index is 0.000000265. The Kier molecular flexibility index (Phi) is 16.2. The molecule has 4 heterocycles. The second-order valence-electron chi connectivity index (χ2n) is 12.7. The van der Waals surface area contributed by atoms with Crippen LogP contribution in [-0.2, 0) is 34.5 Å². The van der Waals surface area contributed by atoms with Crippen molar-refractivity contribution in [3.8, 4) is 0 Å². The number of fused-ring (bicyclic) bond motifs is 2. The molecule has 2 aliphatic rings. The van der Waals surface area contributed by atoms with Gasteiger partial charge in [0.2, 0.25) is 6.41 Å². The molecule has 3 aromatic carbocycles. The minimum Gasteiger partial charge on any atom is -0.381 e. The largest absolute Gasteiger partial charge is 0.381 e. The molecular weight excluding hydrogens is 705 g/mol. The van der Waals surface area contributed by atoms with E-state index in [-0.39, 0.29) is 5.82 Å². The minimum absolute atomic E-state index is 0.324. The first-order valence-corrected chi connectivity index (χ1v) is 18.6. The highest BCUT2D eigenvalue weighted by atomic mass is 35.5. The van der Waals surface area contributed by atoms with Crippen LogP contribution in [0.15, 0.2) is 84.1 Å². The van der Waals surface area contributed by atoms with Crippen molar-refractivity contribution in [2.24, 2.45) is 7.05 Å². The molecule has 7 rings (SSSR count). The predicted molar refractivity (Wildman–Crippen MR) is 217 cm³/mol. The van der Waals surface area contributed by atoms with Gasteiger partial charge < -0.3 is 19.9 Å². The van der Waals surface area contributed by atoms with Gasteiger partial charge in [-0.2, -0.15) is 5.10 Å². The molecule has 2 aliphatic heterocycles. The van der Waals surface area contributed by atoms with E-state index < -0.39 is 0 Å². The van der Waals surface area contributed by atoms with Crippen LogP contribution in [0.4, 0.5) is 10.1 Å². The second-order valence-corrected chi connectivity index (χ2v) is 13.1. The van der Waals surface area contributed by atoms with E-state index in [0.29, 0.717) is 23.5 Å². The Morgan fingerprint density at radius 3 is 2.44 bits per heavy atom. The summed E-state index contributed by atoms with van der Waals surface area (Å²) in [6, 6.07) is 14.8. The number of anilines is 1. The predicted octanol–water partition coefficient (Wildman–Crippen LogP) is 8.42. The zero-order chi connectivity index (χ0) is 39.0. The SMILES string of the molecule is C1COC1.CC.Cc1[nH]nc2ccc(NC=O)c(C)c12.Cc1ccc2c(c1)nc(CN1CC=C(/C(=C/C=C\C=O)NCc3ccc(Cl)cc3F)CC1)n2C. The number of hydrogen-bond donors (Lipinski definition) is 3. The standard InChI is InChI=1S/C27H28ClFN4O.C10H11N3O.C3H6O.C2H6/c1-19-6-9-26-25(15-19)31-27(32(26)2)18-33-12-10-20(11-13-33)24(5-3-4-14-34)30-17-21-7-8-22(28)16-23(21)29;1-6-8(11-5-14)3-4-9-10(6)7(2)12-13-9;1-2-4-3-1;1-2/h3-10,14-16,30H,11-13,17-18H2,1-2H3;3-5H,1-2H3,(H,11,14)(H,12,13);1-3H2;1-2H3/b4-3-,24-5-;;;. The molecule has 54 heavy (non-hydrogen) atoms. The highest BCUT2D eigenvalue weighted by Gasteiger charge is 2.18. The summed E-state index contributed by atoms with van der Waals surface area (Å²) in [6.45, 7) is 14.8. The maximum atomic E-state index is 14.2. The molecule has 2 aromatic heterocycles. The van der Waals surface area contributed by atoms with Gasteiger partial charge in [-0.05, 0) is 98.9 Å². The summed E-state index contributed by atoms with van der Waals surface area (Å²) in [5.41, 5.74) is 9.74. The number of rotatable bonds is 10. The van der Waals surface area contributed by atoms with Gasteiger partial charge in [0.05, 0.1) is 23.1 Å². The Labute approximate surface area is 322 Å². The van der Waals surface area contributed by atoms with Crippen LogP contribution >= 0.6 is 11.6 Å². The molecule has 0 spiro atoms. The molecule has 286 valence electrons. The van der Waals surface area contributed by atoms with Gasteiger partial charge in [0.25, 0.3) is 0 Å². The maximum Gasteiger partial charge on any atom is 0.211 e. The zero-order valence-electron chi connectivity index (χ0n) is 32.0. The molecule has 0 radical (unpaired) electrons. The summed E-state index contributed by atoms with van der Waals surface area (Å²) in [5, 5.41) is 14.5. The van der Waals surface area contributed by atoms with Crippen molar-refractivity contribution >= 4 is 51.9 Å². The molecule has 5 aromatic rings. The number of halogens is 2. The van der Waals surface area contributed by atoms with E-state index in [1.165, 1.54) is 24.1 Å². The van der Waals surface area contributed by atoms with Crippen molar-refractivity contribution in [1.29, 1.82) is 0 Å². The number of carbonyl (C=O) groups excluding carboxylic acids is 2. The lowest BCUT2D eigenvalue weighted by Crippen LogP contribution is -2.31. The summed E-state index contributed by atoms with van der Waals surface area (Å²) >= 11 is 5.86. The average molecular weight is 756 g/mol. The molecule has 1 saturated heterocycles. The smallest absolute Gasteiger partial charge is 0.211 e. The van der Waals surface area contributed by atoms with Crippen molar-refractivity contribution in [1.82, 2.24) is 30.0 Å². The van der Waals surface area contributed by atoms with Crippen LogP contribution in [0.3, 0.4) is 0 Å². The molecule has 0 aliphatic carbocycles. The number of aldehydes is 1. The van der Waals surface area contributed by atoms with Crippen molar-refractivity contribution < 1.29 is 18.7 Å². The van der Waals surface area contributed by atoms with E-state index in [0.717, 1.165) is 102 Å². The van der Waals surface area contributed by atoms with Gasteiger partial charge in [0, 0.05) is 72.9 Å². The molecule has 0 bridgehead atoms. The first-order chi connectivity index (χ1) is 26.2. The number of aryl methyl sites for hydroxylation is 4. The summed E-state index contributed by atoms with van der Waals surface area (Å²) in [7, 11) is 2.06. The Bertz CT molecular complexity index is 2110. The summed E-state index contributed by atoms with van der Waals surface area (Å²) in [6.07, 6.45) is 10.7. The van der Waals surface area contributed by atoms with E-state index >= 15 is 0 Å². The maximum absolute atomic E-state index is 14.2. The van der Waals surface area contributed by atoms with E-state index in [2.05, 4.69) is 68.5 Å². The van der Waals surface area contributed by atoms with Gasteiger partial charge in [0.15, 0.2) is 0 Å². The third-order valence-electron chi connectivity index (χ3n) is 9.02. The van der Waals surface area contributed by atoms with Crippen LogP contribution in [0.2, 0.25) is 5.02 Å². The molecule has 3 N–H and O–H groups in total. The Morgan fingerprint density at radius 1 is 1.04 bits per heavy atom. The highest BCUT2D eigenvalue weighted by molar-refractivity contribution is 6.30. The number of allylic oxidation sites excluding steroid dienone is 4. The zero-order valence-corrected chi connectivity index (χ0v) is 32.8. The average Bonchev–Trinajstić information content (AvgIpc) is 3.67. The lowest BCUT2D eigenvalue weighted by molar-refractivity contribution is -0.105. The lowest BCUT2D eigenvalue weighted by atomic mass is 10.0. The lowest BCUT2D eigenvalue weighted by Gasteiger charge is -2.27. The number of amides is 1. The van der Waals surface area contributed by atoms with Crippen LogP contribution in [-0.4, -0.2) is 63.6 Å². The van der Waals surface area contributed by atoms with Crippen molar-refractivity contribution in [2.75, 3.05) is 31.6 Å². The summed E-state index contributed by atoms with van der Waals surface area (Å²) < 4.78 is 21.1. The van der Waals surface area contributed by atoms with E-state index in [4.69, 9.17) is 21.3 Å². The van der Waals surface area contributed by atoms with Crippen molar-refractivity contribution in [2.45, 2.75) is 60.5 Å². The van der Waals surface area contributed by atoms with Crippen LogP contribution in [0, 0.1) is 26.6 Å². The third-order valence-corrected chi connectivity index (χ3v) is 9.26. The quantitative estimate of drug-likeness (QED) is 0.0745. The Hall–Kier alpha value is -5.10. The Morgan fingerprint density at radius 2 is 1.80 bits per heavy atom. The number of hydrogen-bond acceptors (Lipinski definition) is 7. The van der Waals surface area contributed by atoms with Crippen LogP contribution in [0.25, 0.3) is 21.9 Å². The van der Waals surface area contributed by atoms with Crippen LogP contribution < -0.4 is 10.6 Å². The summed E-state index contributed by atoms with van der Waals surface area (Å²) in [5.74, 6) is 0.697. The molecule has 0 saturated carbocycles. The third kappa shape index (κ3) is 11.2. The summed E-state index contributed by atoms with van der Waals surface area (Å²) in [4.78, 5) is 28.3. The van der Waals surface area contributed by atoms with Crippen molar-refractivity contribution in [3.63, 3.8) is 0 Å². The van der Waals surface area contributed by atoms with Gasteiger partial charge in [-0.25, -0.2) is 9.37 Å². The molecule has 0 atom stereocenters. The van der Waals surface area contributed by atoms with Gasteiger partial charge >= 0.3 is 0 Å². The number of aromatic nitrogens is 4.